The maximum Gasteiger partial charge on any atom is 0.266 e. The summed E-state index contributed by atoms with van der Waals surface area (Å²) in [5.41, 5.74) is 1.45. The quantitative estimate of drug-likeness (QED) is 0.772. The molecule has 2 aromatic rings. The van der Waals surface area contributed by atoms with Gasteiger partial charge >= 0.3 is 0 Å². The van der Waals surface area contributed by atoms with E-state index in [0.717, 1.165) is 36.8 Å². The van der Waals surface area contributed by atoms with Crippen molar-refractivity contribution in [1.82, 2.24) is 15.0 Å². The lowest BCUT2D eigenvalue weighted by atomic mass is 9.83. The summed E-state index contributed by atoms with van der Waals surface area (Å²) < 4.78 is 5.39. The van der Waals surface area contributed by atoms with E-state index in [2.05, 4.69) is 64.1 Å². The van der Waals surface area contributed by atoms with Gasteiger partial charge in [0.15, 0.2) is 0 Å². The molecule has 0 saturated carbocycles. The Kier molecular flexibility index (Phi) is 5.77. The molecule has 0 amide bonds. The van der Waals surface area contributed by atoms with Gasteiger partial charge in [-0.1, -0.05) is 44.2 Å². The van der Waals surface area contributed by atoms with E-state index in [1.54, 1.807) is 0 Å². The lowest BCUT2D eigenvalue weighted by Crippen LogP contribution is -2.38. The van der Waals surface area contributed by atoms with Crippen LogP contribution in [-0.2, 0) is 6.42 Å². The molecule has 1 atom stereocenters. The van der Waals surface area contributed by atoms with Crippen LogP contribution in [0.1, 0.15) is 50.5 Å². The van der Waals surface area contributed by atoms with E-state index >= 15 is 0 Å². The normalized spacial score (nSPS) is 22.0. The maximum absolute atomic E-state index is 5.39. The monoisotopic (exact) mass is 368 g/mol. The van der Waals surface area contributed by atoms with Crippen molar-refractivity contribution in [3.8, 4) is 0 Å². The molecule has 0 N–H and O–H groups in total. The first kappa shape index (κ1) is 18.5. The number of hydrogen-bond donors (Lipinski definition) is 0. The predicted molar refractivity (Wildman–Crippen MR) is 108 cm³/mol. The number of likely N-dealkylation sites (tertiary alicyclic amines) is 1. The van der Waals surface area contributed by atoms with E-state index in [-0.39, 0.29) is 0 Å². The summed E-state index contributed by atoms with van der Waals surface area (Å²) in [6.45, 7) is 10.0. The smallest absolute Gasteiger partial charge is 0.266 e. The molecule has 2 saturated heterocycles. The molecule has 0 spiro atoms. The minimum Gasteiger partial charge on any atom is -0.338 e. The molecule has 27 heavy (non-hydrogen) atoms. The highest BCUT2D eigenvalue weighted by molar-refractivity contribution is 5.30. The van der Waals surface area contributed by atoms with Gasteiger partial charge in [-0.15, -0.1) is 0 Å². The number of benzene rings is 1. The van der Waals surface area contributed by atoms with Crippen molar-refractivity contribution in [3.05, 3.63) is 41.8 Å². The van der Waals surface area contributed by atoms with Gasteiger partial charge in [0.1, 0.15) is 0 Å². The van der Waals surface area contributed by atoms with Crippen LogP contribution in [0.3, 0.4) is 0 Å². The van der Waals surface area contributed by atoms with Crippen LogP contribution in [0.25, 0.3) is 0 Å². The second-order valence-electron chi connectivity index (χ2n) is 8.50. The maximum atomic E-state index is 5.39. The summed E-state index contributed by atoms with van der Waals surface area (Å²) in [5.74, 6) is 3.47. The molecule has 1 aromatic heterocycles. The van der Waals surface area contributed by atoms with Gasteiger partial charge in [-0.2, -0.15) is 4.98 Å². The molecule has 146 valence electrons. The lowest BCUT2D eigenvalue weighted by Gasteiger charge is -2.34. The minimum absolute atomic E-state index is 0.296. The average Bonchev–Trinajstić information content (AvgIpc) is 3.37. The van der Waals surface area contributed by atoms with Crippen molar-refractivity contribution in [2.24, 2.45) is 11.8 Å². The number of hydrogen-bond acceptors (Lipinski definition) is 5. The van der Waals surface area contributed by atoms with Crippen molar-refractivity contribution in [3.63, 3.8) is 0 Å². The fourth-order valence-electron chi connectivity index (χ4n) is 4.52. The molecule has 1 aromatic carbocycles. The van der Waals surface area contributed by atoms with E-state index in [1.165, 1.54) is 50.9 Å². The van der Waals surface area contributed by atoms with Gasteiger partial charge in [0, 0.05) is 25.6 Å². The fourth-order valence-corrected chi connectivity index (χ4v) is 4.52. The molecule has 0 bridgehead atoms. The van der Waals surface area contributed by atoms with Crippen molar-refractivity contribution in [2.45, 2.75) is 45.4 Å². The lowest BCUT2D eigenvalue weighted by molar-refractivity contribution is 0.154. The van der Waals surface area contributed by atoms with Crippen LogP contribution in [0.15, 0.2) is 34.9 Å². The van der Waals surface area contributed by atoms with Gasteiger partial charge in [-0.3, -0.25) is 0 Å². The Bertz CT molecular complexity index is 706. The largest absolute Gasteiger partial charge is 0.338 e. The number of anilines is 1. The molecule has 2 aliphatic rings. The Morgan fingerprint density at radius 1 is 1.04 bits per heavy atom. The van der Waals surface area contributed by atoms with Gasteiger partial charge in [-0.25, -0.2) is 0 Å². The third-order valence-electron chi connectivity index (χ3n) is 6.29. The van der Waals surface area contributed by atoms with Crippen LogP contribution < -0.4 is 4.90 Å². The molecule has 5 heteroatoms. The Labute approximate surface area is 162 Å². The topological polar surface area (TPSA) is 45.4 Å². The molecule has 1 unspecified atom stereocenters. The van der Waals surface area contributed by atoms with Crippen molar-refractivity contribution >= 4 is 5.95 Å². The zero-order valence-electron chi connectivity index (χ0n) is 16.7. The van der Waals surface area contributed by atoms with Gasteiger partial charge < -0.3 is 14.3 Å². The van der Waals surface area contributed by atoms with E-state index < -0.39 is 0 Å². The minimum atomic E-state index is 0.296. The van der Waals surface area contributed by atoms with Crippen LogP contribution in [0.4, 0.5) is 5.95 Å². The number of rotatable bonds is 6. The van der Waals surface area contributed by atoms with Crippen molar-refractivity contribution < 1.29 is 4.52 Å². The summed E-state index contributed by atoms with van der Waals surface area (Å²) in [6.07, 6.45) is 5.09. The number of piperidine rings is 1. The van der Waals surface area contributed by atoms with E-state index in [4.69, 9.17) is 4.52 Å². The van der Waals surface area contributed by atoms with Crippen LogP contribution in [0, 0.1) is 11.8 Å². The highest BCUT2D eigenvalue weighted by atomic mass is 16.5. The summed E-state index contributed by atoms with van der Waals surface area (Å²) in [7, 11) is 0. The second-order valence-corrected chi connectivity index (χ2v) is 8.50. The van der Waals surface area contributed by atoms with Crippen molar-refractivity contribution in [2.75, 3.05) is 37.6 Å². The molecule has 0 aliphatic carbocycles. The number of nitrogens with zero attached hydrogens (tertiary/aromatic N) is 4. The molecule has 5 nitrogen and oxygen atoms in total. The molecule has 2 aliphatic heterocycles. The fraction of sp³-hybridized carbons (Fsp3) is 0.636. The predicted octanol–water partition coefficient (Wildman–Crippen LogP) is 3.97. The Morgan fingerprint density at radius 3 is 2.48 bits per heavy atom. The zero-order valence-corrected chi connectivity index (χ0v) is 16.7. The second kappa shape index (κ2) is 8.42. The Balaban J connectivity index is 1.23. The van der Waals surface area contributed by atoms with Gasteiger partial charge in [-0.05, 0) is 61.3 Å². The number of aromatic nitrogens is 2. The zero-order chi connectivity index (χ0) is 18.6. The molecule has 0 radical (unpaired) electrons. The summed E-state index contributed by atoms with van der Waals surface area (Å²) >= 11 is 0. The van der Waals surface area contributed by atoms with Crippen molar-refractivity contribution in [1.29, 1.82) is 0 Å². The summed E-state index contributed by atoms with van der Waals surface area (Å²) in [6, 6.07) is 10.9. The van der Waals surface area contributed by atoms with Gasteiger partial charge in [0.25, 0.3) is 5.95 Å². The van der Waals surface area contributed by atoms with Crippen LogP contribution in [-0.4, -0.2) is 47.8 Å². The third kappa shape index (κ3) is 4.52. The van der Waals surface area contributed by atoms with Crippen LogP contribution in [0.5, 0.6) is 0 Å². The first-order chi connectivity index (χ1) is 13.2. The SMILES string of the molecule is CC(C)c1nc(N2CCC(C3CCN(CCc4ccccc4)CC3)C2)no1. The first-order valence-electron chi connectivity index (χ1n) is 10.5. The summed E-state index contributed by atoms with van der Waals surface area (Å²) in [5, 5.41) is 4.20. The average molecular weight is 369 g/mol. The highest BCUT2D eigenvalue weighted by Gasteiger charge is 2.33. The summed E-state index contributed by atoms with van der Waals surface area (Å²) in [4.78, 5) is 9.54. The first-order valence-corrected chi connectivity index (χ1v) is 10.5. The molecule has 2 fully saturated rings. The highest BCUT2D eigenvalue weighted by Crippen LogP contribution is 2.33. The van der Waals surface area contributed by atoms with Gasteiger partial charge in [0.05, 0.1) is 0 Å². The molecular weight excluding hydrogens is 336 g/mol. The van der Waals surface area contributed by atoms with E-state index in [1.807, 2.05) is 0 Å². The van der Waals surface area contributed by atoms with E-state index in [0.29, 0.717) is 5.92 Å². The Morgan fingerprint density at radius 2 is 1.78 bits per heavy atom. The molecular formula is C22H32N4O. The molecule has 3 heterocycles. The van der Waals surface area contributed by atoms with E-state index in [9.17, 15) is 0 Å². The van der Waals surface area contributed by atoms with Gasteiger partial charge in [0.2, 0.25) is 5.89 Å². The third-order valence-corrected chi connectivity index (χ3v) is 6.29. The van der Waals surface area contributed by atoms with Crippen LogP contribution >= 0.6 is 0 Å². The van der Waals surface area contributed by atoms with Crippen LogP contribution in [0.2, 0.25) is 0 Å². The Hall–Kier alpha value is -1.88. The molecule has 4 rings (SSSR count). The standard InChI is InChI=1S/C22H32N4O/c1-17(2)21-23-22(24-27-21)26-15-11-20(16-26)19-9-13-25(14-10-19)12-8-18-6-4-3-5-7-18/h3-7,17,19-20H,8-16H2,1-2H3.